The number of hydrogen-bond donors (Lipinski definition) is 3. The molecule has 7 nitrogen and oxygen atoms in total. The molecule has 0 bridgehead atoms. The summed E-state index contributed by atoms with van der Waals surface area (Å²) in [4.78, 5) is 6.42. The normalized spacial score (nSPS) is 26.9. The van der Waals surface area contributed by atoms with E-state index in [0.29, 0.717) is 12.1 Å². The Morgan fingerprint density at radius 1 is 1.21 bits per heavy atom. The van der Waals surface area contributed by atoms with Crippen LogP contribution in [0, 0.1) is 5.82 Å². The smallest absolute Gasteiger partial charge is 0.152 e. The van der Waals surface area contributed by atoms with E-state index in [2.05, 4.69) is 16.0 Å². The zero-order valence-electron chi connectivity index (χ0n) is 16.0. The van der Waals surface area contributed by atoms with E-state index in [-0.39, 0.29) is 11.1 Å². The first kappa shape index (κ1) is 18.4. The molecule has 0 spiro atoms. The lowest BCUT2D eigenvalue weighted by atomic mass is 10.1. The summed E-state index contributed by atoms with van der Waals surface area (Å²) >= 11 is 0. The number of hydrogen-bond acceptors (Lipinski definition) is 6. The molecule has 0 radical (unpaired) electrons. The van der Waals surface area contributed by atoms with Gasteiger partial charge in [-0.15, -0.1) is 0 Å². The highest BCUT2D eigenvalue weighted by Crippen LogP contribution is 2.39. The molecular formula is C21H23FN4O3. The van der Waals surface area contributed by atoms with Gasteiger partial charge in [-0.3, -0.25) is 4.90 Å². The number of nitrogens with zero attached hydrogens (tertiary/aromatic N) is 3. The molecule has 1 aliphatic carbocycles. The number of nitrogen functional groups attached to an aromatic ring is 1. The average Bonchev–Trinajstić information content (AvgIpc) is 3.32. The van der Waals surface area contributed by atoms with Gasteiger partial charge in [-0.2, -0.15) is 0 Å². The molecule has 4 N–H and O–H groups in total. The molecule has 1 fully saturated rings. The van der Waals surface area contributed by atoms with Gasteiger partial charge in [0.25, 0.3) is 0 Å². The molecule has 1 aromatic carbocycles. The Bertz CT molecular complexity index is 1090. The zero-order valence-corrected chi connectivity index (χ0v) is 16.0. The first-order valence-electron chi connectivity index (χ1n) is 9.66. The summed E-state index contributed by atoms with van der Waals surface area (Å²) in [5.41, 5.74) is 8.83. The van der Waals surface area contributed by atoms with Crippen molar-refractivity contribution in [2.75, 3.05) is 12.8 Å². The number of rotatable bonds is 3. The molecule has 2 unspecified atom stereocenters. The van der Waals surface area contributed by atoms with E-state index in [1.807, 2.05) is 19.2 Å². The summed E-state index contributed by atoms with van der Waals surface area (Å²) in [5.74, 6) is 0.218. The second kappa shape index (κ2) is 6.69. The van der Waals surface area contributed by atoms with Gasteiger partial charge in [0.1, 0.15) is 29.7 Å². The maximum Gasteiger partial charge on any atom is 0.152 e. The summed E-state index contributed by atoms with van der Waals surface area (Å²) in [6.07, 6.45) is 0.278. The Kier molecular flexibility index (Phi) is 4.23. The van der Waals surface area contributed by atoms with E-state index in [1.165, 1.54) is 24.0 Å². The Balaban J connectivity index is 1.45. The highest BCUT2D eigenvalue weighted by molar-refractivity contribution is 5.89. The second-order valence-corrected chi connectivity index (χ2v) is 7.99. The van der Waals surface area contributed by atoms with E-state index in [1.54, 1.807) is 4.57 Å². The number of nitrogens with two attached hydrogens (primary N) is 1. The van der Waals surface area contributed by atoms with Crippen molar-refractivity contribution in [3.05, 3.63) is 53.6 Å². The van der Waals surface area contributed by atoms with Crippen LogP contribution in [0.1, 0.15) is 23.6 Å². The third kappa shape index (κ3) is 2.87. The van der Waals surface area contributed by atoms with Crippen LogP contribution in [0.2, 0.25) is 0 Å². The molecule has 8 heteroatoms. The van der Waals surface area contributed by atoms with Crippen molar-refractivity contribution < 1.29 is 19.3 Å². The third-order valence-electron chi connectivity index (χ3n) is 6.03. The molecule has 5 rings (SSSR count). The Hall–Kier alpha value is -2.68. The average molecular weight is 398 g/mol. The number of aliphatic hydroxyl groups excluding tert-OH is 2. The Labute approximate surface area is 167 Å². The van der Waals surface area contributed by atoms with Crippen LogP contribution in [-0.4, -0.2) is 50.0 Å². The minimum absolute atomic E-state index is 0.225. The molecule has 4 atom stereocenters. The first-order valence-corrected chi connectivity index (χ1v) is 9.66. The van der Waals surface area contributed by atoms with Crippen LogP contribution in [0.15, 0.2) is 36.7 Å². The Morgan fingerprint density at radius 3 is 2.86 bits per heavy atom. The first-order chi connectivity index (χ1) is 13.9. The molecule has 3 heterocycles. The number of fused-ring (bicyclic) bond motifs is 2. The predicted octanol–water partition coefficient (Wildman–Crippen LogP) is 1.82. The van der Waals surface area contributed by atoms with Crippen molar-refractivity contribution in [3.8, 4) is 5.75 Å². The van der Waals surface area contributed by atoms with Crippen molar-refractivity contribution in [2.24, 2.45) is 0 Å². The third-order valence-corrected chi connectivity index (χ3v) is 6.03. The SMILES string of the molecule is CN1Cc2cccc(OC3CC(n4cc(F)c5c(N)ccnc54)[C@H](O)[C@@H]3O)c2C1. The van der Waals surface area contributed by atoms with Crippen LogP contribution in [0.4, 0.5) is 10.1 Å². The molecular weight excluding hydrogens is 375 g/mol. The number of pyridine rings is 1. The summed E-state index contributed by atoms with van der Waals surface area (Å²) in [6.45, 7) is 1.63. The van der Waals surface area contributed by atoms with E-state index < -0.39 is 30.2 Å². The maximum absolute atomic E-state index is 14.5. The van der Waals surface area contributed by atoms with Crippen LogP contribution >= 0.6 is 0 Å². The summed E-state index contributed by atoms with van der Waals surface area (Å²) in [5, 5.41) is 21.6. The van der Waals surface area contributed by atoms with Crippen molar-refractivity contribution in [2.45, 2.75) is 43.9 Å². The van der Waals surface area contributed by atoms with Gasteiger partial charge in [-0.05, 0) is 24.7 Å². The molecule has 1 aliphatic heterocycles. The Morgan fingerprint density at radius 2 is 2.03 bits per heavy atom. The number of anilines is 1. The van der Waals surface area contributed by atoms with Crippen LogP contribution in [0.5, 0.6) is 5.75 Å². The molecule has 152 valence electrons. The van der Waals surface area contributed by atoms with Crippen molar-refractivity contribution in [3.63, 3.8) is 0 Å². The van der Waals surface area contributed by atoms with E-state index in [0.717, 1.165) is 24.4 Å². The van der Waals surface area contributed by atoms with Gasteiger partial charge in [0.05, 0.1) is 11.4 Å². The topological polar surface area (TPSA) is 96.8 Å². The predicted molar refractivity (Wildman–Crippen MR) is 106 cm³/mol. The van der Waals surface area contributed by atoms with Crippen molar-refractivity contribution in [1.29, 1.82) is 0 Å². The molecule has 0 saturated heterocycles. The summed E-state index contributed by atoms with van der Waals surface area (Å²) in [7, 11) is 2.04. The molecule has 2 aliphatic rings. The van der Waals surface area contributed by atoms with E-state index in [4.69, 9.17) is 10.5 Å². The molecule has 0 amide bonds. The summed E-state index contributed by atoms with van der Waals surface area (Å²) < 4.78 is 22.2. The van der Waals surface area contributed by atoms with Gasteiger partial charge >= 0.3 is 0 Å². The van der Waals surface area contributed by atoms with E-state index >= 15 is 0 Å². The monoisotopic (exact) mass is 398 g/mol. The molecule has 29 heavy (non-hydrogen) atoms. The highest BCUT2D eigenvalue weighted by Gasteiger charge is 2.45. The van der Waals surface area contributed by atoms with Crippen molar-refractivity contribution in [1.82, 2.24) is 14.5 Å². The molecule has 1 saturated carbocycles. The largest absolute Gasteiger partial charge is 0.487 e. The minimum atomic E-state index is -1.11. The molecule has 3 aromatic rings. The van der Waals surface area contributed by atoms with Gasteiger partial charge in [-0.1, -0.05) is 12.1 Å². The fraction of sp³-hybridized carbons (Fsp3) is 0.381. The fourth-order valence-electron chi connectivity index (χ4n) is 4.60. The minimum Gasteiger partial charge on any atom is -0.487 e. The lowest BCUT2D eigenvalue weighted by Crippen LogP contribution is -2.34. The quantitative estimate of drug-likeness (QED) is 0.623. The van der Waals surface area contributed by atoms with E-state index in [9.17, 15) is 14.6 Å². The van der Waals surface area contributed by atoms with Gasteiger partial charge in [0, 0.05) is 43.2 Å². The van der Waals surface area contributed by atoms with Gasteiger partial charge in [0.2, 0.25) is 0 Å². The van der Waals surface area contributed by atoms with Crippen LogP contribution in [0.25, 0.3) is 11.0 Å². The van der Waals surface area contributed by atoms with Gasteiger partial charge < -0.3 is 25.3 Å². The maximum atomic E-state index is 14.5. The van der Waals surface area contributed by atoms with Crippen LogP contribution < -0.4 is 10.5 Å². The summed E-state index contributed by atoms with van der Waals surface area (Å²) in [6, 6.07) is 6.85. The number of aliphatic hydroxyl groups is 2. The number of benzene rings is 1. The number of aromatic nitrogens is 2. The highest BCUT2D eigenvalue weighted by atomic mass is 19.1. The zero-order chi connectivity index (χ0) is 20.3. The number of ether oxygens (including phenoxy) is 1. The van der Waals surface area contributed by atoms with Crippen LogP contribution in [-0.2, 0) is 13.1 Å². The second-order valence-electron chi connectivity index (χ2n) is 7.99. The molecule has 2 aromatic heterocycles. The van der Waals surface area contributed by atoms with Crippen LogP contribution in [0.3, 0.4) is 0 Å². The lowest BCUT2D eigenvalue weighted by molar-refractivity contribution is -0.0166. The lowest BCUT2D eigenvalue weighted by Gasteiger charge is -2.20. The fourth-order valence-corrected chi connectivity index (χ4v) is 4.60. The van der Waals surface area contributed by atoms with Crippen molar-refractivity contribution >= 4 is 16.7 Å². The number of halogens is 1. The van der Waals surface area contributed by atoms with Gasteiger partial charge in [-0.25, -0.2) is 9.37 Å². The van der Waals surface area contributed by atoms with Gasteiger partial charge in [0.15, 0.2) is 5.82 Å². The standard InChI is InChI=1S/C21H23FN4O3/c1-25-8-11-3-2-4-16(12(11)9-25)29-17-7-15(19(27)20(17)28)26-10-13(22)18-14(23)5-6-24-21(18)26/h2-6,10,15,17,19-20,27-28H,7-9H2,1H3,(H2,23,24)/t15?,17?,19-,20+/m0/s1.